The van der Waals surface area contributed by atoms with Gasteiger partial charge in [0, 0.05) is 42.5 Å². The second-order valence-electron chi connectivity index (χ2n) is 4.49. The molecule has 1 aliphatic heterocycles. The first kappa shape index (κ1) is 13.0. The Morgan fingerprint density at radius 3 is 3.12 bits per heavy atom. The number of hydrogen-bond donors (Lipinski definition) is 1. The fourth-order valence-electron chi connectivity index (χ4n) is 2.23. The van der Waals surface area contributed by atoms with Crippen molar-refractivity contribution in [2.75, 3.05) is 33.4 Å². The lowest BCUT2D eigenvalue weighted by atomic mass is 10.0. The van der Waals surface area contributed by atoms with Crippen LogP contribution >= 0.6 is 11.3 Å². The van der Waals surface area contributed by atoms with Gasteiger partial charge in [-0.05, 0) is 25.5 Å². The smallest absolute Gasteiger partial charge is 0.0957 e. The van der Waals surface area contributed by atoms with E-state index in [0.717, 1.165) is 32.7 Å². The van der Waals surface area contributed by atoms with Crippen molar-refractivity contribution >= 4 is 11.3 Å². The molecule has 17 heavy (non-hydrogen) atoms. The minimum atomic E-state index is 0.295. The molecule has 1 aliphatic rings. The molecule has 1 saturated heterocycles. The van der Waals surface area contributed by atoms with Crippen LogP contribution < -0.4 is 5.32 Å². The van der Waals surface area contributed by atoms with Gasteiger partial charge >= 0.3 is 0 Å². The Labute approximate surface area is 107 Å². The molecule has 2 atom stereocenters. The molecule has 4 heteroatoms. The zero-order valence-corrected chi connectivity index (χ0v) is 11.4. The summed E-state index contributed by atoms with van der Waals surface area (Å²) < 4.78 is 10.9. The zero-order valence-electron chi connectivity index (χ0n) is 10.6. The van der Waals surface area contributed by atoms with Gasteiger partial charge in [-0.15, -0.1) is 11.3 Å². The van der Waals surface area contributed by atoms with E-state index in [0.29, 0.717) is 12.0 Å². The molecule has 96 valence electrons. The highest BCUT2D eigenvalue weighted by molar-refractivity contribution is 7.12. The fourth-order valence-corrected chi connectivity index (χ4v) is 3.25. The van der Waals surface area contributed by atoms with Gasteiger partial charge in [0.05, 0.1) is 12.7 Å². The average molecular weight is 255 g/mol. The molecule has 1 N–H and O–H groups in total. The lowest BCUT2D eigenvalue weighted by Crippen LogP contribution is -2.27. The fraction of sp³-hybridized carbons (Fsp3) is 0.692. The monoisotopic (exact) mass is 255 g/mol. The van der Waals surface area contributed by atoms with Gasteiger partial charge in [0.2, 0.25) is 0 Å². The van der Waals surface area contributed by atoms with Crippen molar-refractivity contribution in [2.45, 2.75) is 19.4 Å². The minimum Gasteiger partial charge on any atom is -0.383 e. The Kier molecular flexibility index (Phi) is 4.98. The molecule has 2 unspecified atom stereocenters. The second-order valence-corrected chi connectivity index (χ2v) is 5.80. The van der Waals surface area contributed by atoms with Crippen LogP contribution in [-0.2, 0) is 9.47 Å². The van der Waals surface area contributed by atoms with Crippen molar-refractivity contribution in [2.24, 2.45) is 5.92 Å². The van der Waals surface area contributed by atoms with E-state index in [1.165, 1.54) is 9.75 Å². The third-order valence-corrected chi connectivity index (χ3v) is 4.21. The van der Waals surface area contributed by atoms with Gasteiger partial charge in [0.1, 0.15) is 0 Å². The number of methoxy groups -OCH3 is 1. The van der Waals surface area contributed by atoms with Crippen LogP contribution in [-0.4, -0.2) is 33.4 Å². The zero-order chi connectivity index (χ0) is 12.1. The summed E-state index contributed by atoms with van der Waals surface area (Å²) in [6.07, 6.45) is 1.45. The maximum atomic E-state index is 5.86. The molecule has 0 aromatic carbocycles. The molecule has 0 aliphatic carbocycles. The minimum absolute atomic E-state index is 0.295. The van der Waals surface area contributed by atoms with Crippen molar-refractivity contribution in [1.29, 1.82) is 0 Å². The highest BCUT2D eigenvalue weighted by atomic mass is 32.1. The molecular weight excluding hydrogens is 234 g/mol. The lowest BCUT2D eigenvalue weighted by Gasteiger charge is -2.17. The third kappa shape index (κ3) is 3.52. The van der Waals surface area contributed by atoms with E-state index in [9.17, 15) is 0 Å². The highest BCUT2D eigenvalue weighted by Gasteiger charge is 2.30. The number of thiophene rings is 1. The highest BCUT2D eigenvalue weighted by Crippen LogP contribution is 2.37. The van der Waals surface area contributed by atoms with Gasteiger partial charge in [-0.1, -0.05) is 0 Å². The summed E-state index contributed by atoms with van der Waals surface area (Å²) in [6.45, 7) is 5.75. The van der Waals surface area contributed by atoms with Crippen molar-refractivity contribution in [1.82, 2.24) is 5.32 Å². The van der Waals surface area contributed by atoms with Crippen LogP contribution in [0.5, 0.6) is 0 Å². The Morgan fingerprint density at radius 2 is 2.41 bits per heavy atom. The van der Waals surface area contributed by atoms with Gasteiger partial charge in [0.25, 0.3) is 0 Å². The predicted molar refractivity (Wildman–Crippen MR) is 70.6 cm³/mol. The summed E-state index contributed by atoms with van der Waals surface area (Å²) in [5.41, 5.74) is 0. The lowest BCUT2D eigenvalue weighted by molar-refractivity contribution is 0.0927. The van der Waals surface area contributed by atoms with Crippen LogP contribution in [0.1, 0.15) is 22.3 Å². The summed E-state index contributed by atoms with van der Waals surface area (Å²) in [5, 5.41) is 3.43. The van der Waals surface area contributed by atoms with E-state index < -0.39 is 0 Å². The summed E-state index contributed by atoms with van der Waals surface area (Å²) in [7, 11) is 1.73. The van der Waals surface area contributed by atoms with Crippen molar-refractivity contribution in [3.8, 4) is 0 Å². The van der Waals surface area contributed by atoms with E-state index in [2.05, 4.69) is 24.4 Å². The molecule has 2 rings (SSSR count). The van der Waals surface area contributed by atoms with Crippen molar-refractivity contribution in [3.05, 3.63) is 21.9 Å². The number of aryl methyl sites for hydroxylation is 1. The Hall–Kier alpha value is -0.420. The first-order valence-electron chi connectivity index (χ1n) is 6.19. The number of hydrogen-bond acceptors (Lipinski definition) is 4. The molecule has 0 saturated carbocycles. The van der Waals surface area contributed by atoms with E-state index in [4.69, 9.17) is 9.47 Å². The molecule has 1 aromatic rings. The molecule has 0 spiro atoms. The molecule has 3 nitrogen and oxygen atoms in total. The van der Waals surface area contributed by atoms with Crippen LogP contribution in [0.3, 0.4) is 0 Å². The van der Waals surface area contributed by atoms with E-state index >= 15 is 0 Å². The van der Waals surface area contributed by atoms with Crippen LogP contribution in [0, 0.1) is 12.8 Å². The molecule has 1 fully saturated rings. The average Bonchev–Trinajstić information content (AvgIpc) is 2.93. The van der Waals surface area contributed by atoms with Crippen LogP contribution in [0.2, 0.25) is 0 Å². The van der Waals surface area contributed by atoms with Gasteiger partial charge < -0.3 is 14.8 Å². The number of ether oxygens (including phenoxy) is 2. The predicted octanol–water partition coefficient (Wildman–Crippen LogP) is 2.37. The van der Waals surface area contributed by atoms with Crippen LogP contribution in [0.4, 0.5) is 0 Å². The molecule has 0 amide bonds. The SMILES string of the molecule is COCCNCC1CCOC1c1ccc(C)s1. The molecule has 0 radical (unpaired) electrons. The summed E-state index contributed by atoms with van der Waals surface area (Å²) >= 11 is 1.85. The van der Waals surface area contributed by atoms with E-state index in [1.54, 1.807) is 7.11 Å². The largest absolute Gasteiger partial charge is 0.383 e. The maximum absolute atomic E-state index is 5.86. The number of nitrogens with one attached hydrogen (secondary N) is 1. The van der Waals surface area contributed by atoms with E-state index in [1.807, 2.05) is 11.3 Å². The standard InChI is InChI=1S/C13H21NO2S/c1-10-3-4-12(17-10)13-11(5-7-16-13)9-14-6-8-15-2/h3-4,11,13-14H,5-9H2,1-2H3. The van der Waals surface area contributed by atoms with Gasteiger partial charge in [-0.2, -0.15) is 0 Å². The Morgan fingerprint density at radius 1 is 1.53 bits per heavy atom. The molecule has 0 bridgehead atoms. The molecule has 1 aromatic heterocycles. The summed E-state index contributed by atoms with van der Waals surface area (Å²) in [5.74, 6) is 0.602. The van der Waals surface area contributed by atoms with Gasteiger partial charge in [-0.3, -0.25) is 0 Å². The van der Waals surface area contributed by atoms with Crippen LogP contribution in [0.25, 0.3) is 0 Å². The van der Waals surface area contributed by atoms with Crippen LogP contribution in [0.15, 0.2) is 12.1 Å². The maximum Gasteiger partial charge on any atom is 0.0957 e. The first-order valence-corrected chi connectivity index (χ1v) is 7.00. The van der Waals surface area contributed by atoms with E-state index in [-0.39, 0.29) is 0 Å². The third-order valence-electron chi connectivity index (χ3n) is 3.15. The molecular formula is C13H21NO2S. The van der Waals surface area contributed by atoms with Gasteiger partial charge in [0.15, 0.2) is 0 Å². The summed E-state index contributed by atoms with van der Waals surface area (Å²) in [4.78, 5) is 2.74. The molecule has 2 heterocycles. The normalized spacial score (nSPS) is 24.4. The van der Waals surface area contributed by atoms with Crippen molar-refractivity contribution < 1.29 is 9.47 Å². The summed E-state index contributed by atoms with van der Waals surface area (Å²) in [6, 6.07) is 4.38. The number of rotatable bonds is 6. The Bertz CT molecular complexity index is 340. The second kappa shape index (κ2) is 6.50. The topological polar surface area (TPSA) is 30.5 Å². The first-order chi connectivity index (χ1) is 8.31. The quantitative estimate of drug-likeness (QED) is 0.792. The Balaban J connectivity index is 1.84. The van der Waals surface area contributed by atoms with Crippen molar-refractivity contribution in [3.63, 3.8) is 0 Å². The van der Waals surface area contributed by atoms with Gasteiger partial charge in [-0.25, -0.2) is 0 Å².